The van der Waals surface area contributed by atoms with Crippen molar-refractivity contribution in [2.24, 2.45) is 0 Å². The van der Waals surface area contributed by atoms with Crippen LogP contribution in [0.5, 0.6) is 11.5 Å². The summed E-state index contributed by atoms with van der Waals surface area (Å²) in [6.07, 6.45) is 5.87. The number of hydrogen-bond donors (Lipinski definition) is 1. The Morgan fingerprint density at radius 3 is 2.75 bits per heavy atom. The van der Waals surface area contributed by atoms with Crippen LogP contribution in [-0.2, 0) is 13.1 Å². The van der Waals surface area contributed by atoms with Gasteiger partial charge in [-0.05, 0) is 37.0 Å². The Labute approximate surface area is 142 Å². The highest BCUT2D eigenvalue weighted by Gasteiger charge is 2.16. The lowest BCUT2D eigenvalue weighted by Crippen LogP contribution is -2.30. The fourth-order valence-corrected chi connectivity index (χ4v) is 3.30. The summed E-state index contributed by atoms with van der Waals surface area (Å²) >= 11 is 0. The van der Waals surface area contributed by atoms with E-state index in [0.29, 0.717) is 6.79 Å². The molecule has 2 aromatic rings. The first-order chi connectivity index (χ1) is 11.9. The van der Waals surface area contributed by atoms with E-state index in [4.69, 9.17) is 9.47 Å². The van der Waals surface area contributed by atoms with Crippen LogP contribution in [0.4, 0.5) is 5.82 Å². The van der Waals surface area contributed by atoms with E-state index in [9.17, 15) is 0 Å². The number of benzene rings is 1. The Bertz CT molecular complexity index is 682. The molecule has 0 amide bonds. The number of fused-ring (bicyclic) bond motifs is 1. The normalized spacial score (nSPS) is 16.4. The van der Waals surface area contributed by atoms with Crippen molar-refractivity contribution >= 4 is 5.82 Å². The number of ether oxygens (including phenoxy) is 2. The molecule has 0 atom stereocenters. The highest BCUT2D eigenvalue weighted by Crippen LogP contribution is 2.35. The van der Waals surface area contributed by atoms with Gasteiger partial charge < -0.3 is 19.7 Å². The van der Waals surface area contributed by atoms with Crippen LogP contribution < -0.4 is 19.7 Å². The van der Waals surface area contributed by atoms with Crippen LogP contribution >= 0.6 is 0 Å². The van der Waals surface area contributed by atoms with Gasteiger partial charge in [-0.25, -0.2) is 4.98 Å². The van der Waals surface area contributed by atoms with Crippen molar-refractivity contribution in [3.63, 3.8) is 0 Å². The minimum Gasteiger partial charge on any atom is -0.454 e. The number of anilines is 1. The molecule has 2 aliphatic heterocycles. The Kier molecular flexibility index (Phi) is 4.51. The van der Waals surface area contributed by atoms with Crippen molar-refractivity contribution in [1.29, 1.82) is 0 Å². The zero-order valence-electron chi connectivity index (χ0n) is 13.8. The predicted octanol–water partition coefficient (Wildman–Crippen LogP) is 3.09. The minimum atomic E-state index is 0.314. The van der Waals surface area contributed by atoms with E-state index in [1.165, 1.54) is 24.8 Å². The van der Waals surface area contributed by atoms with Gasteiger partial charge in [0.15, 0.2) is 11.5 Å². The lowest BCUT2D eigenvalue weighted by molar-refractivity contribution is 0.173. The maximum atomic E-state index is 5.54. The van der Waals surface area contributed by atoms with Crippen LogP contribution in [0.25, 0.3) is 0 Å². The van der Waals surface area contributed by atoms with Crippen molar-refractivity contribution in [3.05, 3.63) is 47.7 Å². The molecule has 126 valence electrons. The van der Waals surface area contributed by atoms with Gasteiger partial charge in [0, 0.05) is 37.9 Å². The van der Waals surface area contributed by atoms with Crippen molar-refractivity contribution < 1.29 is 9.47 Å². The van der Waals surface area contributed by atoms with Gasteiger partial charge in [0.2, 0.25) is 6.79 Å². The first-order valence-corrected chi connectivity index (χ1v) is 8.68. The van der Waals surface area contributed by atoms with Gasteiger partial charge in [-0.1, -0.05) is 18.2 Å². The third-order valence-electron chi connectivity index (χ3n) is 4.61. The monoisotopic (exact) mass is 325 g/mol. The Morgan fingerprint density at radius 2 is 1.92 bits per heavy atom. The fourth-order valence-electron chi connectivity index (χ4n) is 3.30. The maximum Gasteiger partial charge on any atom is 0.231 e. The van der Waals surface area contributed by atoms with Crippen molar-refractivity contribution in [2.45, 2.75) is 32.4 Å². The van der Waals surface area contributed by atoms with E-state index in [1.807, 2.05) is 18.3 Å². The Balaban J connectivity index is 1.32. The summed E-state index contributed by atoms with van der Waals surface area (Å²) in [4.78, 5) is 7.01. The highest BCUT2D eigenvalue weighted by molar-refractivity contribution is 5.48. The summed E-state index contributed by atoms with van der Waals surface area (Å²) in [5, 5.41) is 3.46. The smallest absolute Gasteiger partial charge is 0.231 e. The molecule has 1 saturated heterocycles. The number of piperidine rings is 1. The number of hydrogen-bond acceptors (Lipinski definition) is 5. The van der Waals surface area contributed by atoms with Gasteiger partial charge in [0.1, 0.15) is 5.82 Å². The zero-order valence-corrected chi connectivity index (χ0v) is 13.8. The summed E-state index contributed by atoms with van der Waals surface area (Å²) in [5.74, 6) is 2.80. The van der Waals surface area contributed by atoms with Crippen LogP contribution in [-0.4, -0.2) is 24.9 Å². The third-order valence-corrected chi connectivity index (χ3v) is 4.61. The summed E-state index contributed by atoms with van der Waals surface area (Å²) < 4.78 is 10.9. The number of rotatable bonds is 5. The van der Waals surface area contributed by atoms with Crippen LogP contribution in [0, 0.1) is 0 Å². The molecule has 1 aromatic heterocycles. The van der Waals surface area contributed by atoms with Gasteiger partial charge in [-0.2, -0.15) is 0 Å². The van der Waals surface area contributed by atoms with Crippen molar-refractivity contribution in [3.8, 4) is 11.5 Å². The predicted molar refractivity (Wildman–Crippen MR) is 93.4 cm³/mol. The Morgan fingerprint density at radius 1 is 1.00 bits per heavy atom. The van der Waals surface area contributed by atoms with E-state index in [1.54, 1.807) is 0 Å². The van der Waals surface area contributed by atoms with Gasteiger partial charge >= 0.3 is 0 Å². The molecular formula is C19H23N3O2. The third kappa shape index (κ3) is 3.31. The van der Waals surface area contributed by atoms with Crippen LogP contribution in [0.1, 0.15) is 30.4 Å². The van der Waals surface area contributed by atoms with E-state index < -0.39 is 0 Å². The van der Waals surface area contributed by atoms with E-state index in [-0.39, 0.29) is 0 Å². The Hall–Kier alpha value is -2.27. The molecule has 0 saturated carbocycles. The molecule has 1 N–H and O–H groups in total. The molecule has 0 spiro atoms. The van der Waals surface area contributed by atoms with Gasteiger partial charge in [-0.15, -0.1) is 0 Å². The van der Waals surface area contributed by atoms with Crippen molar-refractivity contribution in [1.82, 2.24) is 10.3 Å². The first kappa shape index (κ1) is 15.3. The zero-order chi connectivity index (χ0) is 16.2. The second-order valence-electron chi connectivity index (χ2n) is 6.33. The second kappa shape index (κ2) is 7.09. The topological polar surface area (TPSA) is 46.6 Å². The molecule has 0 bridgehead atoms. The molecular weight excluding hydrogens is 302 g/mol. The van der Waals surface area contributed by atoms with Crippen LogP contribution in [0.2, 0.25) is 0 Å². The molecule has 5 heteroatoms. The van der Waals surface area contributed by atoms with E-state index >= 15 is 0 Å². The minimum absolute atomic E-state index is 0.314. The molecule has 2 aliphatic rings. The quantitative estimate of drug-likeness (QED) is 0.915. The van der Waals surface area contributed by atoms with Crippen LogP contribution in [0.15, 0.2) is 36.5 Å². The standard InChI is InChI=1S/C19H23N3O2/c1-2-9-22(10-3-1)18-8-7-15(12-21-18)11-20-13-16-5-4-6-17-19(16)24-14-23-17/h4-8,12,20H,1-3,9-11,13-14H2. The molecule has 1 aromatic carbocycles. The molecule has 0 aliphatic carbocycles. The van der Waals surface area contributed by atoms with Crippen LogP contribution in [0.3, 0.4) is 0 Å². The molecule has 1 fully saturated rings. The molecule has 5 nitrogen and oxygen atoms in total. The maximum absolute atomic E-state index is 5.54. The summed E-state index contributed by atoms with van der Waals surface area (Å²) in [5.41, 5.74) is 2.32. The molecule has 24 heavy (non-hydrogen) atoms. The average molecular weight is 325 g/mol. The van der Waals surface area contributed by atoms with Crippen molar-refractivity contribution in [2.75, 3.05) is 24.8 Å². The van der Waals surface area contributed by atoms with E-state index in [2.05, 4.69) is 33.4 Å². The van der Waals surface area contributed by atoms with Gasteiger partial charge in [-0.3, -0.25) is 0 Å². The van der Waals surface area contributed by atoms with Gasteiger partial charge in [0.25, 0.3) is 0 Å². The molecule has 0 unspecified atom stereocenters. The fraction of sp³-hybridized carbons (Fsp3) is 0.421. The van der Waals surface area contributed by atoms with E-state index in [0.717, 1.165) is 49.1 Å². The number of nitrogens with one attached hydrogen (secondary N) is 1. The summed E-state index contributed by atoms with van der Waals surface area (Å²) in [6, 6.07) is 10.3. The number of aromatic nitrogens is 1. The number of nitrogens with zero attached hydrogens (tertiary/aromatic N) is 2. The highest BCUT2D eigenvalue weighted by atomic mass is 16.7. The summed E-state index contributed by atoms with van der Waals surface area (Å²) in [7, 11) is 0. The first-order valence-electron chi connectivity index (χ1n) is 8.68. The molecule has 4 rings (SSSR count). The lowest BCUT2D eigenvalue weighted by Gasteiger charge is -2.27. The molecule has 0 radical (unpaired) electrons. The van der Waals surface area contributed by atoms with Gasteiger partial charge in [0.05, 0.1) is 0 Å². The summed E-state index contributed by atoms with van der Waals surface area (Å²) in [6.45, 7) is 4.12. The SMILES string of the molecule is c1cc(CNCc2ccc(N3CCCCC3)nc2)c2c(c1)OCO2. The number of pyridine rings is 1. The second-order valence-corrected chi connectivity index (χ2v) is 6.33. The number of para-hydroxylation sites is 1. The lowest BCUT2D eigenvalue weighted by atomic mass is 10.1. The average Bonchev–Trinajstić information content (AvgIpc) is 3.13. The largest absolute Gasteiger partial charge is 0.454 e. The molecule has 3 heterocycles.